The molecule has 0 fully saturated rings. The number of anilines is 3. The summed E-state index contributed by atoms with van der Waals surface area (Å²) < 4.78 is 0. The van der Waals surface area contributed by atoms with Crippen molar-refractivity contribution in [1.82, 2.24) is 14.9 Å². The topological polar surface area (TPSA) is 107 Å². The van der Waals surface area contributed by atoms with Crippen molar-refractivity contribution in [3.63, 3.8) is 0 Å². The molecule has 0 saturated heterocycles. The predicted octanol–water partition coefficient (Wildman–Crippen LogP) is 3.32. The lowest BCUT2D eigenvalue weighted by atomic mass is 10.0. The molecule has 0 bridgehead atoms. The summed E-state index contributed by atoms with van der Waals surface area (Å²) in [4.78, 5) is 45.2. The summed E-state index contributed by atoms with van der Waals surface area (Å²) in [7, 11) is 0. The first kappa shape index (κ1) is 19.4. The smallest absolute Gasteiger partial charge is 0.222 e. The van der Waals surface area contributed by atoms with Crippen molar-refractivity contribution >= 4 is 34.8 Å². The molecular weight excluding hydrogens is 382 g/mol. The van der Waals surface area contributed by atoms with Gasteiger partial charge in [-0.05, 0) is 24.3 Å². The fourth-order valence-corrected chi connectivity index (χ4v) is 3.54. The third kappa shape index (κ3) is 3.80. The minimum atomic E-state index is -0.222. The summed E-state index contributed by atoms with van der Waals surface area (Å²) in [6.07, 6.45) is 1.59. The number of carbonyl (C=O) groups is 3. The number of nitrogens with zero attached hydrogens (tertiary/aromatic N) is 2. The Morgan fingerprint density at radius 3 is 2.57 bits per heavy atom. The highest BCUT2D eigenvalue weighted by Gasteiger charge is 2.31. The molecule has 1 aliphatic rings. The number of ketones is 1. The Bertz CT molecular complexity index is 1140. The fourth-order valence-electron chi connectivity index (χ4n) is 3.54. The summed E-state index contributed by atoms with van der Waals surface area (Å²) in [5.41, 5.74) is 4.14. The van der Waals surface area contributed by atoms with Crippen LogP contribution in [0.15, 0.2) is 48.7 Å². The number of Topliss-reactive ketones (excluding diaryl/α,β-unsaturated/α-hetero) is 1. The van der Waals surface area contributed by atoms with E-state index in [0.29, 0.717) is 35.0 Å². The van der Waals surface area contributed by atoms with Gasteiger partial charge >= 0.3 is 0 Å². The number of carbonyl (C=O) groups excluding carboxylic acids is 3. The lowest BCUT2D eigenvalue weighted by Crippen LogP contribution is -2.38. The first-order chi connectivity index (χ1) is 14.4. The van der Waals surface area contributed by atoms with Gasteiger partial charge < -0.3 is 20.5 Å². The molecule has 0 spiro atoms. The lowest BCUT2D eigenvalue weighted by molar-refractivity contribution is -0.129. The molecule has 30 heavy (non-hydrogen) atoms. The average molecular weight is 403 g/mol. The summed E-state index contributed by atoms with van der Waals surface area (Å²) in [6, 6.07) is 13.1. The maximum atomic E-state index is 12.9. The van der Waals surface area contributed by atoms with E-state index in [9.17, 15) is 14.4 Å². The Hall–Kier alpha value is -3.94. The normalized spacial score (nSPS) is 13.0. The molecule has 8 nitrogen and oxygen atoms in total. The number of amides is 2. The van der Waals surface area contributed by atoms with E-state index in [1.54, 1.807) is 18.3 Å². The summed E-state index contributed by atoms with van der Waals surface area (Å²) >= 11 is 0. The Kier molecular flexibility index (Phi) is 5.05. The second-order valence-corrected chi connectivity index (χ2v) is 7.13. The van der Waals surface area contributed by atoms with Crippen molar-refractivity contribution in [2.45, 2.75) is 20.4 Å². The summed E-state index contributed by atoms with van der Waals surface area (Å²) in [6.45, 7) is 3.23. The van der Waals surface area contributed by atoms with E-state index in [2.05, 4.69) is 20.6 Å². The molecule has 1 aliphatic heterocycles. The van der Waals surface area contributed by atoms with E-state index in [1.807, 2.05) is 30.3 Å². The standard InChI is InChI=1S/C22H21N5O3/c1-13(28)24-19-10-15(8-9-23-19)21-22(25-16-6-4-3-5-7-16)20-17(26-21)11-27(14(2)29)12-18(20)30/h3-10,25-26H,11-12H2,1-2H3,(H,23,24,28). The molecule has 4 rings (SSSR count). The molecule has 0 saturated carbocycles. The maximum absolute atomic E-state index is 12.9. The van der Waals surface area contributed by atoms with Crippen LogP contribution < -0.4 is 10.6 Å². The van der Waals surface area contributed by atoms with Gasteiger partial charge in [0.05, 0.1) is 30.0 Å². The van der Waals surface area contributed by atoms with Gasteiger partial charge in [-0.2, -0.15) is 0 Å². The molecule has 152 valence electrons. The number of rotatable bonds is 4. The predicted molar refractivity (Wildman–Crippen MR) is 113 cm³/mol. The lowest BCUT2D eigenvalue weighted by Gasteiger charge is -2.25. The molecule has 0 radical (unpaired) electrons. The Balaban J connectivity index is 1.84. The number of H-pyrrole nitrogens is 1. The van der Waals surface area contributed by atoms with Crippen molar-refractivity contribution < 1.29 is 14.4 Å². The van der Waals surface area contributed by atoms with Gasteiger partial charge in [0.25, 0.3) is 0 Å². The van der Waals surface area contributed by atoms with E-state index >= 15 is 0 Å². The monoisotopic (exact) mass is 403 g/mol. The average Bonchev–Trinajstić information content (AvgIpc) is 3.07. The number of para-hydroxylation sites is 1. The van der Waals surface area contributed by atoms with Crippen LogP contribution in [0.1, 0.15) is 29.9 Å². The van der Waals surface area contributed by atoms with Crippen molar-refractivity contribution in [2.24, 2.45) is 0 Å². The van der Waals surface area contributed by atoms with Crippen LogP contribution >= 0.6 is 0 Å². The van der Waals surface area contributed by atoms with E-state index in [1.165, 1.54) is 18.7 Å². The quantitative estimate of drug-likeness (QED) is 0.619. The second-order valence-electron chi connectivity index (χ2n) is 7.13. The molecule has 0 atom stereocenters. The highest BCUT2D eigenvalue weighted by Crippen LogP contribution is 2.38. The minimum absolute atomic E-state index is 0.0383. The van der Waals surface area contributed by atoms with E-state index in [0.717, 1.165) is 11.3 Å². The molecule has 3 heterocycles. The zero-order chi connectivity index (χ0) is 21.3. The van der Waals surface area contributed by atoms with Gasteiger partial charge in [-0.1, -0.05) is 18.2 Å². The van der Waals surface area contributed by atoms with E-state index in [-0.39, 0.29) is 24.1 Å². The van der Waals surface area contributed by atoms with Crippen LogP contribution in [-0.2, 0) is 16.1 Å². The van der Waals surface area contributed by atoms with Crippen molar-refractivity contribution in [2.75, 3.05) is 17.2 Å². The Morgan fingerprint density at radius 1 is 1.10 bits per heavy atom. The second kappa shape index (κ2) is 7.82. The molecule has 1 aromatic carbocycles. The first-order valence-corrected chi connectivity index (χ1v) is 9.52. The SMILES string of the molecule is CC(=O)Nc1cc(-c2[nH]c3c(c2Nc2ccccc2)C(=O)CN(C(C)=O)C3)ccn1. The summed E-state index contributed by atoms with van der Waals surface area (Å²) in [5.74, 6) is -0.0987. The third-order valence-electron chi connectivity index (χ3n) is 4.88. The first-order valence-electron chi connectivity index (χ1n) is 9.52. The van der Waals surface area contributed by atoms with Gasteiger partial charge in [-0.15, -0.1) is 0 Å². The van der Waals surface area contributed by atoms with Gasteiger partial charge in [0.15, 0.2) is 5.78 Å². The number of aromatic nitrogens is 2. The van der Waals surface area contributed by atoms with Crippen LogP contribution in [0.25, 0.3) is 11.3 Å². The van der Waals surface area contributed by atoms with Crippen molar-refractivity contribution in [3.05, 3.63) is 59.9 Å². The molecule has 0 aliphatic carbocycles. The number of pyridine rings is 1. The van der Waals surface area contributed by atoms with Crippen LogP contribution in [0.3, 0.4) is 0 Å². The van der Waals surface area contributed by atoms with Crippen molar-refractivity contribution in [3.8, 4) is 11.3 Å². The number of hydrogen-bond acceptors (Lipinski definition) is 5. The largest absolute Gasteiger partial charge is 0.355 e. The van der Waals surface area contributed by atoms with Crippen LogP contribution in [0, 0.1) is 0 Å². The highest BCUT2D eigenvalue weighted by molar-refractivity contribution is 6.09. The number of aromatic amines is 1. The zero-order valence-electron chi connectivity index (χ0n) is 16.7. The third-order valence-corrected chi connectivity index (χ3v) is 4.88. The molecule has 8 heteroatoms. The Labute approximate surface area is 173 Å². The number of benzene rings is 1. The van der Waals surface area contributed by atoms with Crippen LogP contribution in [0.2, 0.25) is 0 Å². The fraction of sp³-hybridized carbons (Fsp3) is 0.182. The van der Waals surface area contributed by atoms with Crippen LogP contribution in [-0.4, -0.2) is 39.0 Å². The van der Waals surface area contributed by atoms with Crippen LogP contribution in [0.5, 0.6) is 0 Å². The maximum Gasteiger partial charge on any atom is 0.222 e. The minimum Gasteiger partial charge on any atom is -0.355 e. The van der Waals surface area contributed by atoms with Crippen molar-refractivity contribution in [1.29, 1.82) is 0 Å². The van der Waals surface area contributed by atoms with E-state index in [4.69, 9.17) is 0 Å². The molecule has 3 aromatic rings. The van der Waals surface area contributed by atoms with Gasteiger partial charge in [0.1, 0.15) is 5.82 Å². The zero-order valence-corrected chi connectivity index (χ0v) is 16.7. The van der Waals surface area contributed by atoms with Gasteiger partial charge in [-0.25, -0.2) is 4.98 Å². The number of fused-ring (bicyclic) bond motifs is 1. The Morgan fingerprint density at radius 2 is 1.87 bits per heavy atom. The van der Waals surface area contributed by atoms with Gasteiger partial charge in [-0.3, -0.25) is 14.4 Å². The molecule has 2 amide bonds. The highest BCUT2D eigenvalue weighted by atomic mass is 16.2. The number of nitrogens with one attached hydrogen (secondary N) is 3. The number of hydrogen-bond donors (Lipinski definition) is 3. The molecule has 3 N–H and O–H groups in total. The molecule has 2 aromatic heterocycles. The van der Waals surface area contributed by atoms with Gasteiger partial charge in [0, 0.05) is 37.0 Å². The molecule has 0 unspecified atom stereocenters. The van der Waals surface area contributed by atoms with Gasteiger partial charge in [0.2, 0.25) is 11.8 Å². The van der Waals surface area contributed by atoms with E-state index < -0.39 is 0 Å². The summed E-state index contributed by atoms with van der Waals surface area (Å²) in [5, 5.41) is 6.02. The van der Waals surface area contributed by atoms with Crippen LogP contribution in [0.4, 0.5) is 17.2 Å². The molecular formula is C22H21N5O3.